The lowest BCUT2D eigenvalue weighted by molar-refractivity contribution is -0.140. The normalized spacial score (nSPS) is 14.7. The van der Waals surface area contributed by atoms with Gasteiger partial charge in [0.05, 0.1) is 10.6 Å². The van der Waals surface area contributed by atoms with Crippen LogP contribution in [0.2, 0.25) is 0 Å². The fourth-order valence-electron chi connectivity index (χ4n) is 5.67. The van der Waals surface area contributed by atoms with Gasteiger partial charge in [-0.3, -0.25) is 13.9 Å². The third kappa shape index (κ3) is 7.59. The number of amides is 2. The third-order valence-corrected chi connectivity index (χ3v) is 9.82. The average molecular weight is 590 g/mol. The molecule has 0 bridgehead atoms. The zero-order chi connectivity index (χ0) is 30.3. The van der Waals surface area contributed by atoms with Crippen molar-refractivity contribution in [2.45, 2.75) is 89.7 Å². The molecule has 224 valence electrons. The highest BCUT2D eigenvalue weighted by Crippen LogP contribution is 2.28. The van der Waals surface area contributed by atoms with Gasteiger partial charge in [-0.2, -0.15) is 0 Å². The molecule has 1 N–H and O–H groups in total. The first-order valence-corrected chi connectivity index (χ1v) is 16.3. The summed E-state index contributed by atoms with van der Waals surface area (Å²) < 4.78 is 29.3. The van der Waals surface area contributed by atoms with E-state index in [1.807, 2.05) is 64.1 Å². The second kappa shape index (κ2) is 14.0. The molecular weight excluding hydrogens is 546 g/mol. The molecule has 0 aliphatic heterocycles. The van der Waals surface area contributed by atoms with Crippen LogP contribution in [0.3, 0.4) is 0 Å². The van der Waals surface area contributed by atoms with Crippen LogP contribution in [0.25, 0.3) is 0 Å². The number of rotatable bonds is 11. The van der Waals surface area contributed by atoms with Crippen molar-refractivity contribution in [2.24, 2.45) is 0 Å². The summed E-state index contributed by atoms with van der Waals surface area (Å²) in [5.41, 5.74) is 4.03. The van der Waals surface area contributed by atoms with E-state index in [-0.39, 0.29) is 23.4 Å². The quantitative estimate of drug-likeness (QED) is 0.294. The van der Waals surface area contributed by atoms with Gasteiger partial charge in [0, 0.05) is 12.6 Å². The van der Waals surface area contributed by atoms with Crippen molar-refractivity contribution in [1.29, 1.82) is 0 Å². The van der Waals surface area contributed by atoms with Gasteiger partial charge >= 0.3 is 0 Å². The number of hydrogen-bond acceptors (Lipinski definition) is 4. The maximum Gasteiger partial charge on any atom is 0.264 e. The predicted molar refractivity (Wildman–Crippen MR) is 168 cm³/mol. The van der Waals surface area contributed by atoms with E-state index >= 15 is 0 Å². The SMILES string of the molecule is CC[C@H](C(=O)NC1CCCCC1)N(Cc1cccc(C)c1)C(=O)CN(c1ccccc1C)S(=O)(=O)c1ccc(C)cc1. The fourth-order valence-corrected chi connectivity index (χ4v) is 7.14. The monoisotopic (exact) mass is 589 g/mol. The average Bonchev–Trinajstić information content (AvgIpc) is 2.97. The summed E-state index contributed by atoms with van der Waals surface area (Å²) in [6.45, 7) is 7.36. The lowest BCUT2D eigenvalue weighted by Gasteiger charge is -2.34. The predicted octanol–water partition coefficient (Wildman–Crippen LogP) is 6.06. The lowest BCUT2D eigenvalue weighted by Crippen LogP contribution is -2.54. The molecule has 8 heteroatoms. The Labute approximate surface area is 251 Å². The van der Waals surface area contributed by atoms with Crippen molar-refractivity contribution in [2.75, 3.05) is 10.8 Å². The molecule has 0 spiro atoms. The number of nitrogens with zero attached hydrogens (tertiary/aromatic N) is 2. The first-order valence-electron chi connectivity index (χ1n) is 14.9. The van der Waals surface area contributed by atoms with Crippen molar-refractivity contribution in [3.8, 4) is 0 Å². The number of carbonyl (C=O) groups is 2. The number of anilines is 1. The van der Waals surface area contributed by atoms with Crippen molar-refractivity contribution in [3.63, 3.8) is 0 Å². The molecule has 1 atom stereocenters. The Morgan fingerprint density at radius 3 is 2.21 bits per heavy atom. The standard InChI is InChI=1S/C34H43N3O4S/c1-5-31(34(39)35-29-15-7-6-8-16-29)36(23-28-14-11-12-26(3)22-28)33(38)24-37(32-17-10-9-13-27(32)4)42(40,41)30-20-18-25(2)19-21-30/h9-14,17-22,29,31H,5-8,15-16,23-24H2,1-4H3,(H,35,39)/t31-/m1/s1. The Kier molecular flexibility index (Phi) is 10.4. The van der Waals surface area contributed by atoms with Crippen LogP contribution in [0, 0.1) is 20.8 Å². The van der Waals surface area contributed by atoms with E-state index in [1.165, 1.54) is 10.7 Å². The van der Waals surface area contributed by atoms with Gasteiger partial charge in [0.15, 0.2) is 0 Å². The number of aryl methyl sites for hydroxylation is 3. The van der Waals surface area contributed by atoms with Crippen LogP contribution < -0.4 is 9.62 Å². The highest BCUT2D eigenvalue weighted by atomic mass is 32.2. The van der Waals surface area contributed by atoms with Crippen molar-refractivity contribution < 1.29 is 18.0 Å². The Bertz CT molecular complexity index is 1480. The Morgan fingerprint density at radius 1 is 0.881 bits per heavy atom. The molecule has 0 unspecified atom stereocenters. The number of para-hydroxylation sites is 1. The van der Waals surface area contributed by atoms with Gasteiger partial charge in [-0.15, -0.1) is 0 Å². The number of carbonyl (C=O) groups excluding carboxylic acids is 2. The van der Waals surface area contributed by atoms with Crippen LogP contribution in [0.1, 0.15) is 67.7 Å². The second-order valence-electron chi connectivity index (χ2n) is 11.4. The number of nitrogens with one attached hydrogen (secondary N) is 1. The van der Waals surface area contributed by atoms with E-state index < -0.39 is 28.5 Å². The molecule has 1 saturated carbocycles. The number of benzene rings is 3. The lowest BCUT2D eigenvalue weighted by atomic mass is 9.95. The molecule has 42 heavy (non-hydrogen) atoms. The van der Waals surface area contributed by atoms with Gasteiger partial charge in [-0.25, -0.2) is 8.42 Å². The zero-order valence-electron chi connectivity index (χ0n) is 25.2. The van der Waals surface area contributed by atoms with E-state index in [9.17, 15) is 18.0 Å². The van der Waals surface area contributed by atoms with Gasteiger partial charge in [0.25, 0.3) is 10.0 Å². The summed E-state index contributed by atoms with van der Waals surface area (Å²) >= 11 is 0. The molecule has 1 aliphatic carbocycles. The van der Waals surface area contributed by atoms with E-state index in [4.69, 9.17) is 0 Å². The molecule has 1 fully saturated rings. The largest absolute Gasteiger partial charge is 0.352 e. The van der Waals surface area contributed by atoms with Gasteiger partial charge in [0.2, 0.25) is 11.8 Å². The van der Waals surface area contributed by atoms with Crippen LogP contribution in [0.4, 0.5) is 5.69 Å². The summed E-state index contributed by atoms with van der Waals surface area (Å²) in [6, 6.07) is 21.0. The second-order valence-corrected chi connectivity index (χ2v) is 13.3. The molecule has 2 amide bonds. The van der Waals surface area contributed by atoms with E-state index in [0.717, 1.165) is 47.9 Å². The minimum absolute atomic E-state index is 0.0987. The van der Waals surface area contributed by atoms with Gasteiger partial charge in [-0.05, 0) is 69.4 Å². The molecule has 0 saturated heterocycles. The maximum atomic E-state index is 14.3. The molecular formula is C34H43N3O4S. The zero-order valence-corrected chi connectivity index (χ0v) is 26.0. The Hall–Kier alpha value is -3.65. The summed E-state index contributed by atoms with van der Waals surface area (Å²) in [4.78, 5) is 29.6. The van der Waals surface area contributed by atoms with E-state index in [1.54, 1.807) is 41.3 Å². The molecule has 7 nitrogen and oxygen atoms in total. The van der Waals surface area contributed by atoms with Gasteiger partial charge < -0.3 is 10.2 Å². The highest BCUT2D eigenvalue weighted by molar-refractivity contribution is 7.92. The molecule has 4 rings (SSSR count). The van der Waals surface area contributed by atoms with Crippen molar-refractivity contribution in [1.82, 2.24) is 10.2 Å². The minimum Gasteiger partial charge on any atom is -0.352 e. The van der Waals surface area contributed by atoms with Gasteiger partial charge in [-0.1, -0.05) is 91.9 Å². The van der Waals surface area contributed by atoms with Crippen LogP contribution in [-0.4, -0.2) is 43.8 Å². The maximum absolute atomic E-state index is 14.3. The van der Waals surface area contributed by atoms with Crippen LogP contribution in [-0.2, 0) is 26.2 Å². The molecule has 3 aromatic carbocycles. The van der Waals surface area contributed by atoms with Crippen LogP contribution in [0.15, 0.2) is 77.7 Å². The Morgan fingerprint density at radius 2 is 1.57 bits per heavy atom. The van der Waals surface area contributed by atoms with E-state index in [2.05, 4.69) is 5.32 Å². The first-order chi connectivity index (χ1) is 20.1. The van der Waals surface area contributed by atoms with Crippen molar-refractivity contribution >= 4 is 27.5 Å². The molecule has 0 aromatic heterocycles. The minimum atomic E-state index is -4.09. The summed E-state index contributed by atoms with van der Waals surface area (Å²) in [6.07, 6.45) is 5.61. The van der Waals surface area contributed by atoms with Crippen LogP contribution >= 0.6 is 0 Å². The molecule has 0 radical (unpaired) electrons. The molecule has 3 aromatic rings. The fraction of sp³-hybridized carbons (Fsp3) is 0.412. The summed E-state index contributed by atoms with van der Waals surface area (Å²) in [5, 5.41) is 3.19. The number of hydrogen-bond donors (Lipinski definition) is 1. The van der Waals surface area contributed by atoms with Crippen LogP contribution in [0.5, 0.6) is 0 Å². The smallest absolute Gasteiger partial charge is 0.264 e. The third-order valence-electron chi connectivity index (χ3n) is 8.04. The summed E-state index contributed by atoms with van der Waals surface area (Å²) in [7, 11) is -4.09. The topological polar surface area (TPSA) is 86.8 Å². The highest BCUT2D eigenvalue weighted by Gasteiger charge is 2.34. The van der Waals surface area contributed by atoms with Crippen molar-refractivity contribution in [3.05, 3.63) is 95.1 Å². The molecule has 0 heterocycles. The number of sulfonamides is 1. The molecule has 1 aliphatic rings. The van der Waals surface area contributed by atoms with E-state index in [0.29, 0.717) is 12.1 Å². The summed E-state index contributed by atoms with van der Waals surface area (Å²) in [5.74, 6) is -0.615. The first kappa shape index (κ1) is 31.3. The van der Waals surface area contributed by atoms with Gasteiger partial charge in [0.1, 0.15) is 12.6 Å². The Balaban J connectivity index is 1.71.